The molecular formula is C11H16F3N3O2. The second kappa shape index (κ2) is 5.36. The predicted octanol–water partition coefficient (Wildman–Crippen LogP) is -0.0784. The molecule has 5 nitrogen and oxygen atoms in total. The van der Waals surface area contributed by atoms with Crippen LogP contribution in [0.5, 0.6) is 0 Å². The monoisotopic (exact) mass is 279 g/mol. The second-order valence-corrected chi connectivity index (χ2v) is 4.93. The lowest BCUT2D eigenvalue weighted by Gasteiger charge is -2.30. The molecule has 2 rings (SSSR count). The maximum absolute atomic E-state index is 12.4. The number of halogens is 3. The van der Waals surface area contributed by atoms with Crippen LogP contribution in [0.3, 0.4) is 0 Å². The Labute approximate surface area is 108 Å². The number of amides is 2. The van der Waals surface area contributed by atoms with Gasteiger partial charge in [0.15, 0.2) is 0 Å². The summed E-state index contributed by atoms with van der Waals surface area (Å²) in [6.45, 7) is 1.42. The van der Waals surface area contributed by atoms with E-state index >= 15 is 0 Å². The standard InChI is InChI=1S/C11H16F3N3O2/c12-11(13,14)8-2-1-7(10(19)17-8)9(18)16-6-3-4-15-5-6/h6-8,15H,1-5H2,(H,16,18)(H,17,19). The van der Waals surface area contributed by atoms with Gasteiger partial charge in [-0.15, -0.1) is 0 Å². The van der Waals surface area contributed by atoms with Crippen molar-refractivity contribution >= 4 is 11.8 Å². The van der Waals surface area contributed by atoms with Crippen LogP contribution in [0.1, 0.15) is 19.3 Å². The van der Waals surface area contributed by atoms with E-state index in [-0.39, 0.29) is 18.9 Å². The fourth-order valence-corrected chi connectivity index (χ4v) is 2.38. The quantitative estimate of drug-likeness (QED) is 0.619. The lowest BCUT2D eigenvalue weighted by molar-refractivity contribution is -0.171. The highest BCUT2D eigenvalue weighted by Gasteiger charge is 2.46. The number of alkyl halides is 3. The van der Waals surface area contributed by atoms with Crippen molar-refractivity contribution < 1.29 is 22.8 Å². The highest BCUT2D eigenvalue weighted by atomic mass is 19.4. The first-order chi connectivity index (χ1) is 8.88. The van der Waals surface area contributed by atoms with Crippen LogP contribution in [-0.2, 0) is 9.59 Å². The summed E-state index contributed by atoms with van der Waals surface area (Å²) in [7, 11) is 0. The molecule has 0 aromatic carbocycles. The minimum Gasteiger partial charge on any atom is -0.351 e. The molecule has 0 aliphatic carbocycles. The van der Waals surface area contributed by atoms with Crippen LogP contribution >= 0.6 is 0 Å². The molecule has 2 aliphatic rings. The molecule has 19 heavy (non-hydrogen) atoms. The summed E-state index contributed by atoms with van der Waals surface area (Å²) in [5, 5.41) is 7.62. The van der Waals surface area contributed by atoms with E-state index in [1.54, 1.807) is 0 Å². The zero-order valence-corrected chi connectivity index (χ0v) is 10.2. The fraction of sp³-hybridized carbons (Fsp3) is 0.818. The summed E-state index contributed by atoms with van der Waals surface area (Å²) in [5.41, 5.74) is 0. The van der Waals surface area contributed by atoms with Crippen LogP contribution in [0.25, 0.3) is 0 Å². The van der Waals surface area contributed by atoms with Crippen LogP contribution in [0.15, 0.2) is 0 Å². The van der Waals surface area contributed by atoms with Gasteiger partial charge in [0.25, 0.3) is 0 Å². The topological polar surface area (TPSA) is 70.2 Å². The minimum absolute atomic E-state index is 0.0411. The number of rotatable bonds is 2. The molecule has 3 N–H and O–H groups in total. The first-order valence-electron chi connectivity index (χ1n) is 6.26. The maximum atomic E-state index is 12.4. The average Bonchev–Trinajstić information content (AvgIpc) is 2.80. The van der Waals surface area contributed by atoms with Gasteiger partial charge < -0.3 is 16.0 Å². The molecule has 2 fully saturated rings. The zero-order valence-electron chi connectivity index (χ0n) is 10.2. The maximum Gasteiger partial charge on any atom is 0.408 e. The van der Waals surface area contributed by atoms with Gasteiger partial charge in [-0.3, -0.25) is 9.59 Å². The van der Waals surface area contributed by atoms with Crippen molar-refractivity contribution in [2.75, 3.05) is 13.1 Å². The predicted molar refractivity (Wildman–Crippen MR) is 60.1 cm³/mol. The summed E-state index contributed by atoms with van der Waals surface area (Å²) in [4.78, 5) is 23.4. The van der Waals surface area contributed by atoms with Gasteiger partial charge in [0.1, 0.15) is 12.0 Å². The Hall–Kier alpha value is -1.31. The third-order valence-corrected chi connectivity index (χ3v) is 3.50. The summed E-state index contributed by atoms with van der Waals surface area (Å²) >= 11 is 0. The van der Waals surface area contributed by atoms with Gasteiger partial charge in [-0.05, 0) is 25.8 Å². The van der Waals surface area contributed by atoms with Crippen molar-refractivity contribution in [1.82, 2.24) is 16.0 Å². The smallest absolute Gasteiger partial charge is 0.351 e. The highest BCUT2D eigenvalue weighted by molar-refractivity contribution is 6.01. The number of carbonyl (C=O) groups excluding carboxylic acids is 2. The summed E-state index contributed by atoms with van der Waals surface area (Å²) in [5.74, 6) is -2.33. The first kappa shape index (κ1) is 14.1. The van der Waals surface area contributed by atoms with Gasteiger partial charge in [-0.25, -0.2) is 0 Å². The van der Waals surface area contributed by atoms with Crippen LogP contribution < -0.4 is 16.0 Å². The molecule has 0 aromatic rings. The number of nitrogens with one attached hydrogen (secondary N) is 3. The Bertz CT molecular complexity index is 367. The van der Waals surface area contributed by atoms with Crippen molar-refractivity contribution in [2.24, 2.45) is 5.92 Å². The van der Waals surface area contributed by atoms with E-state index in [4.69, 9.17) is 0 Å². The SMILES string of the molecule is O=C(NC1CCNC1)C1CCC(C(F)(F)F)NC1=O. The largest absolute Gasteiger partial charge is 0.408 e. The fourth-order valence-electron chi connectivity index (χ4n) is 2.38. The Morgan fingerprint density at radius 3 is 2.53 bits per heavy atom. The molecule has 0 bridgehead atoms. The number of hydrogen-bond donors (Lipinski definition) is 3. The molecule has 8 heteroatoms. The molecule has 2 amide bonds. The van der Waals surface area contributed by atoms with E-state index in [1.807, 2.05) is 5.32 Å². The number of piperidine rings is 1. The van der Waals surface area contributed by atoms with Crippen molar-refractivity contribution in [3.63, 3.8) is 0 Å². The Morgan fingerprint density at radius 1 is 1.26 bits per heavy atom. The molecular weight excluding hydrogens is 263 g/mol. The molecule has 3 unspecified atom stereocenters. The van der Waals surface area contributed by atoms with Gasteiger partial charge in [0.2, 0.25) is 11.8 Å². The van der Waals surface area contributed by atoms with Crippen molar-refractivity contribution in [1.29, 1.82) is 0 Å². The molecule has 0 spiro atoms. The minimum atomic E-state index is -4.45. The normalized spacial score (nSPS) is 31.9. The summed E-state index contributed by atoms with van der Waals surface area (Å²) in [6, 6.07) is -1.88. The van der Waals surface area contributed by atoms with E-state index in [2.05, 4.69) is 10.6 Å². The molecule has 0 saturated carbocycles. The molecule has 2 heterocycles. The van der Waals surface area contributed by atoms with E-state index in [1.165, 1.54) is 0 Å². The van der Waals surface area contributed by atoms with Gasteiger partial charge in [0.05, 0.1) is 0 Å². The Balaban J connectivity index is 1.88. The van der Waals surface area contributed by atoms with E-state index in [9.17, 15) is 22.8 Å². The van der Waals surface area contributed by atoms with Gasteiger partial charge in [0, 0.05) is 12.6 Å². The Kier molecular flexibility index (Phi) is 3.98. The summed E-state index contributed by atoms with van der Waals surface area (Å²) < 4.78 is 37.3. The van der Waals surface area contributed by atoms with E-state index in [0.29, 0.717) is 6.54 Å². The van der Waals surface area contributed by atoms with Gasteiger partial charge in [-0.1, -0.05) is 0 Å². The van der Waals surface area contributed by atoms with Crippen molar-refractivity contribution in [2.45, 2.75) is 37.5 Å². The molecule has 3 atom stereocenters. The molecule has 0 radical (unpaired) electrons. The number of carbonyl (C=O) groups is 2. The molecule has 108 valence electrons. The summed E-state index contributed by atoms with van der Waals surface area (Å²) in [6.07, 6.45) is -4.00. The van der Waals surface area contributed by atoms with E-state index in [0.717, 1.165) is 13.0 Å². The average molecular weight is 279 g/mol. The third-order valence-electron chi connectivity index (χ3n) is 3.50. The van der Waals surface area contributed by atoms with Crippen LogP contribution in [0.4, 0.5) is 13.2 Å². The molecule has 2 saturated heterocycles. The third kappa shape index (κ3) is 3.37. The van der Waals surface area contributed by atoms with Crippen molar-refractivity contribution in [3.8, 4) is 0 Å². The molecule has 0 aromatic heterocycles. The second-order valence-electron chi connectivity index (χ2n) is 4.93. The van der Waals surface area contributed by atoms with E-state index < -0.39 is 30.0 Å². The van der Waals surface area contributed by atoms with Crippen molar-refractivity contribution in [3.05, 3.63) is 0 Å². The van der Waals surface area contributed by atoms with Crippen LogP contribution in [-0.4, -0.2) is 43.2 Å². The van der Waals surface area contributed by atoms with Crippen LogP contribution in [0.2, 0.25) is 0 Å². The van der Waals surface area contributed by atoms with Gasteiger partial charge >= 0.3 is 6.18 Å². The van der Waals surface area contributed by atoms with Crippen LogP contribution in [0, 0.1) is 5.92 Å². The Morgan fingerprint density at radius 2 is 2.00 bits per heavy atom. The van der Waals surface area contributed by atoms with Gasteiger partial charge in [-0.2, -0.15) is 13.2 Å². The zero-order chi connectivity index (χ0) is 14.0. The first-order valence-corrected chi connectivity index (χ1v) is 6.26. The molecule has 2 aliphatic heterocycles. The lowest BCUT2D eigenvalue weighted by atomic mass is 9.92. The number of hydrogen-bond acceptors (Lipinski definition) is 3. The highest BCUT2D eigenvalue weighted by Crippen LogP contribution is 2.28. The lowest BCUT2D eigenvalue weighted by Crippen LogP contribution is -2.55.